The Balaban J connectivity index is 2.06. The highest BCUT2D eigenvalue weighted by atomic mass is 32.1. The third-order valence-corrected chi connectivity index (χ3v) is 6.25. The number of urea groups is 1. The number of nitrogens with zero attached hydrogens (tertiary/aromatic N) is 2. The number of anilines is 2. The lowest BCUT2D eigenvalue weighted by atomic mass is 9.97. The van der Waals surface area contributed by atoms with E-state index < -0.39 is 6.03 Å². The van der Waals surface area contributed by atoms with Crippen LogP contribution in [0.15, 0.2) is 58.4 Å². The molecule has 0 aliphatic rings. The third kappa shape index (κ3) is 6.30. The Labute approximate surface area is 217 Å². The summed E-state index contributed by atoms with van der Waals surface area (Å²) in [7, 11) is 3.22. The van der Waals surface area contributed by atoms with Crippen molar-refractivity contribution in [1.82, 2.24) is 9.47 Å². The minimum absolute atomic E-state index is 0.151. The van der Waals surface area contributed by atoms with E-state index in [2.05, 4.69) is 53.9 Å². The van der Waals surface area contributed by atoms with Gasteiger partial charge in [-0.2, -0.15) is 0 Å². The number of carbonyl (C=O) groups is 1. The van der Waals surface area contributed by atoms with Gasteiger partial charge in [-0.25, -0.2) is 4.79 Å². The molecule has 0 unspecified atom stereocenters. The van der Waals surface area contributed by atoms with Crippen LogP contribution < -0.4 is 20.9 Å². The predicted molar refractivity (Wildman–Crippen MR) is 149 cm³/mol. The molecule has 0 aliphatic carbocycles. The fraction of sp³-hybridized carbons (Fsp3) is 0.286. The summed E-state index contributed by atoms with van der Waals surface area (Å²) in [6, 6.07) is 12.2. The van der Waals surface area contributed by atoms with E-state index in [4.69, 9.17) is 4.74 Å². The Morgan fingerprint density at radius 3 is 2.53 bits per heavy atom. The van der Waals surface area contributed by atoms with Crippen LogP contribution in [-0.2, 0) is 7.05 Å². The highest BCUT2D eigenvalue weighted by Gasteiger charge is 2.20. The van der Waals surface area contributed by atoms with E-state index in [1.165, 1.54) is 4.57 Å². The highest BCUT2D eigenvalue weighted by molar-refractivity contribution is 7.80. The van der Waals surface area contributed by atoms with Gasteiger partial charge in [0.2, 0.25) is 0 Å². The van der Waals surface area contributed by atoms with Crippen molar-refractivity contribution in [2.75, 3.05) is 37.4 Å². The number of carbonyl (C=O) groups excluding carboxylic acids is 1. The van der Waals surface area contributed by atoms with Crippen LogP contribution in [0.25, 0.3) is 11.1 Å². The summed E-state index contributed by atoms with van der Waals surface area (Å²) < 4.78 is 7.07. The molecular formula is C28H32N4O3S. The first-order valence-corrected chi connectivity index (χ1v) is 12.2. The van der Waals surface area contributed by atoms with Crippen molar-refractivity contribution in [3.8, 4) is 28.7 Å². The second kappa shape index (κ2) is 12.3. The maximum atomic E-state index is 13.2. The van der Waals surface area contributed by atoms with Gasteiger partial charge in [-0.1, -0.05) is 37.8 Å². The van der Waals surface area contributed by atoms with Crippen LogP contribution in [0.5, 0.6) is 5.75 Å². The summed E-state index contributed by atoms with van der Waals surface area (Å²) in [6.45, 7) is 8.63. The van der Waals surface area contributed by atoms with Gasteiger partial charge in [0.25, 0.3) is 5.56 Å². The molecular weight excluding hydrogens is 472 g/mol. The quantitative estimate of drug-likeness (QED) is 0.313. The molecule has 2 amide bonds. The van der Waals surface area contributed by atoms with Crippen molar-refractivity contribution in [2.24, 2.45) is 7.05 Å². The molecule has 3 rings (SSSR count). The summed E-state index contributed by atoms with van der Waals surface area (Å²) in [5.74, 6) is 7.00. The first-order chi connectivity index (χ1) is 17.3. The molecule has 36 heavy (non-hydrogen) atoms. The Morgan fingerprint density at radius 1 is 1.14 bits per heavy atom. The van der Waals surface area contributed by atoms with Gasteiger partial charge in [-0.3, -0.25) is 9.69 Å². The average molecular weight is 505 g/mol. The smallest absolute Gasteiger partial charge is 0.323 e. The number of aromatic nitrogens is 1. The number of nitrogens with one attached hydrogen (secondary N) is 2. The molecule has 0 fully saturated rings. The van der Waals surface area contributed by atoms with E-state index >= 15 is 0 Å². The van der Waals surface area contributed by atoms with Crippen LogP contribution in [0.3, 0.4) is 0 Å². The monoisotopic (exact) mass is 504 g/mol. The number of thiol groups is 1. The Morgan fingerprint density at radius 2 is 1.86 bits per heavy atom. The Kier molecular flexibility index (Phi) is 9.23. The van der Waals surface area contributed by atoms with Gasteiger partial charge in [-0.05, 0) is 55.9 Å². The van der Waals surface area contributed by atoms with Gasteiger partial charge >= 0.3 is 6.03 Å². The zero-order valence-corrected chi connectivity index (χ0v) is 22.2. The number of ether oxygens (including phenoxy) is 1. The maximum Gasteiger partial charge on any atom is 0.323 e. The molecule has 188 valence electrons. The Hall–Kier alpha value is -3.67. The summed E-state index contributed by atoms with van der Waals surface area (Å²) >= 11 is 4.38. The standard InChI is InChI=1S/C28H32N4O3S/c1-6-32(7-2)16-10-11-20-14-15-23(35-5)21(17-20)25-19(3)18-31(4)27(33)26(25)30-28(34)29-22-12-8-9-13-24(22)36/h8-9,12-15,17-18,36H,6-7,16H2,1-5H3,(H2,29,30,34). The maximum absolute atomic E-state index is 13.2. The molecule has 7 nitrogen and oxygen atoms in total. The van der Waals surface area contributed by atoms with Crippen LogP contribution in [0, 0.1) is 18.8 Å². The second-order valence-electron chi connectivity index (χ2n) is 8.25. The Bertz CT molecular complexity index is 1370. The molecule has 1 heterocycles. The predicted octanol–water partition coefficient (Wildman–Crippen LogP) is 5.00. The molecule has 3 aromatic rings. The van der Waals surface area contributed by atoms with Gasteiger partial charge in [0.1, 0.15) is 11.4 Å². The zero-order valence-electron chi connectivity index (χ0n) is 21.3. The molecule has 2 aromatic carbocycles. The fourth-order valence-electron chi connectivity index (χ4n) is 3.89. The van der Waals surface area contributed by atoms with Crippen LogP contribution >= 0.6 is 12.6 Å². The number of rotatable bonds is 7. The molecule has 8 heteroatoms. The number of pyridine rings is 1. The fourth-order valence-corrected chi connectivity index (χ4v) is 4.10. The topological polar surface area (TPSA) is 75.6 Å². The number of hydrogen-bond acceptors (Lipinski definition) is 5. The third-order valence-electron chi connectivity index (χ3n) is 5.86. The van der Waals surface area contributed by atoms with E-state index in [0.717, 1.165) is 24.2 Å². The second-order valence-corrected chi connectivity index (χ2v) is 8.73. The van der Waals surface area contributed by atoms with E-state index in [0.29, 0.717) is 34.0 Å². The first kappa shape index (κ1) is 26.9. The zero-order chi connectivity index (χ0) is 26.2. The summed E-state index contributed by atoms with van der Waals surface area (Å²) in [6.07, 6.45) is 1.74. The lowest BCUT2D eigenvalue weighted by Crippen LogP contribution is -2.28. The van der Waals surface area contributed by atoms with Crippen LogP contribution in [-0.4, -0.2) is 42.2 Å². The van der Waals surface area contributed by atoms with Crippen LogP contribution in [0.1, 0.15) is 25.0 Å². The number of methoxy groups -OCH3 is 1. The van der Waals surface area contributed by atoms with Crippen molar-refractivity contribution in [2.45, 2.75) is 25.7 Å². The molecule has 0 aliphatic heterocycles. The normalized spacial score (nSPS) is 10.5. The lowest BCUT2D eigenvalue weighted by molar-refractivity contribution is 0.262. The average Bonchev–Trinajstić information content (AvgIpc) is 2.86. The van der Waals surface area contributed by atoms with Gasteiger partial charge in [0, 0.05) is 34.8 Å². The molecule has 0 radical (unpaired) electrons. The molecule has 0 bridgehead atoms. The molecule has 0 saturated carbocycles. The van der Waals surface area contributed by atoms with Gasteiger partial charge in [-0.15, -0.1) is 12.6 Å². The molecule has 0 saturated heterocycles. The summed E-state index contributed by atoms with van der Waals surface area (Å²) in [5.41, 5.74) is 3.19. The van der Waals surface area contributed by atoms with Crippen molar-refractivity contribution in [1.29, 1.82) is 0 Å². The van der Waals surface area contributed by atoms with Crippen molar-refractivity contribution < 1.29 is 9.53 Å². The largest absolute Gasteiger partial charge is 0.496 e. The van der Waals surface area contributed by atoms with E-state index in [9.17, 15) is 9.59 Å². The minimum atomic E-state index is -0.547. The first-order valence-electron chi connectivity index (χ1n) is 11.7. The summed E-state index contributed by atoms with van der Waals surface area (Å²) in [5, 5.41) is 5.52. The number of benzene rings is 2. The summed E-state index contributed by atoms with van der Waals surface area (Å²) in [4.78, 5) is 29.0. The van der Waals surface area contributed by atoms with Crippen molar-refractivity contribution >= 4 is 30.0 Å². The molecule has 0 spiro atoms. The number of hydrogen-bond donors (Lipinski definition) is 3. The molecule has 0 atom stereocenters. The van der Waals surface area contributed by atoms with Crippen LogP contribution in [0.2, 0.25) is 0 Å². The van der Waals surface area contributed by atoms with Crippen molar-refractivity contribution in [3.05, 3.63) is 70.1 Å². The SMILES string of the molecule is CCN(CC)CC#Cc1ccc(OC)c(-c2c(C)cn(C)c(=O)c2NC(=O)Nc2ccccc2S)c1. The molecule has 2 N–H and O–H groups in total. The number of amides is 2. The number of aryl methyl sites for hydroxylation is 2. The number of para-hydroxylation sites is 1. The van der Waals surface area contributed by atoms with Gasteiger partial charge in [0.15, 0.2) is 0 Å². The van der Waals surface area contributed by atoms with Gasteiger partial charge in [0.05, 0.1) is 19.3 Å². The highest BCUT2D eigenvalue weighted by Crippen LogP contribution is 2.36. The van der Waals surface area contributed by atoms with Gasteiger partial charge < -0.3 is 19.9 Å². The van der Waals surface area contributed by atoms with E-state index in [1.54, 1.807) is 38.6 Å². The van der Waals surface area contributed by atoms with Crippen LogP contribution in [0.4, 0.5) is 16.2 Å². The van der Waals surface area contributed by atoms with E-state index in [-0.39, 0.29) is 11.2 Å². The lowest BCUT2D eigenvalue weighted by Gasteiger charge is -2.18. The minimum Gasteiger partial charge on any atom is -0.496 e. The molecule has 1 aromatic heterocycles. The van der Waals surface area contributed by atoms with E-state index in [1.807, 2.05) is 31.2 Å². The van der Waals surface area contributed by atoms with Crippen molar-refractivity contribution in [3.63, 3.8) is 0 Å².